The van der Waals surface area contributed by atoms with Gasteiger partial charge in [0.25, 0.3) is 11.8 Å². The van der Waals surface area contributed by atoms with Gasteiger partial charge in [0.1, 0.15) is 29.4 Å². The van der Waals surface area contributed by atoms with Crippen molar-refractivity contribution in [3.05, 3.63) is 93.8 Å². The Morgan fingerprint density at radius 3 is 2.63 bits per heavy atom. The number of amides is 2. The number of aryl methyl sites for hydroxylation is 2. The molecule has 6 N–H and O–H groups in total. The standard InChI is InChI=1S/C25H26FN7O2/c1-14-9-15(5-8-19(14)26)12-29-24(34)21-11-22(31-13-30-21)25(35)32-20-4-2-3-16-10-17(23(27)33-28)6-7-18(16)20/h5-11,13,20H,2-4,12,28H2,1H3,(H2,27,33)(H,29,34)(H,32,35). The van der Waals surface area contributed by atoms with Crippen LogP contribution in [0.3, 0.4) is 0 Å². The van der Waals surface area contributed by atoms with Gasteiger partial charge in [-0.05, 0) is 60.6 Å². The van der Waals surface area contributed by atoms with Crippen LogP contribution in [0.15, 0.2) is 53.9 Å². The number of nitrogens with zero attached hydrogens (tertiary/aromatic N) is 3. The van der Waals surface area contributed by atoms with E-state index < -0.39 is 11.8 Å². The van der Waals surface area contributed by atoms with Crippen LogP contribution in [0.1, 0.15) is 67.7 Å². The first-order valence-electron chi connectivity index (χ1n) is 11.2. The van der Waals surface area contributed by atoms with E-state index in [9.17, 15) is 14.0 Å². The van der Waals surface area contributed by atoms with E-state index >= 15 is 0 Å². The van der Waals surface area contributed by atoms with Crippen molar-refractivity contribution >= 4 is 17.6 Å². The number of carbonyl (C=O) groups is 2. The average molecular weight is 476 g/mol. The van der Waals surface area contributed by atoms with Gasteiger partial charge in [0.05, 0.1) is 6.04 Å². The molecule has 0 bridgehead atoms. The highest BCUT2D eigenvalue weighted by Gasteiger charge is 2.24. The molecule has 4 rings (SSSR count). The molecule has 0 spiro atoms. The molecule has 2 amide bonds. The molecule has 9 nitrogen and oxygen atoms in total. The Labute approximate surface area is 201 Å². The molecule has 35 heavy (non-hydrogen) atoms. The second-order valence-electron chi connectivity index (χ2n) is 8.40. The number of hydrogen-bond acceptors (Lipinski definition) is 6. The number of nitrogens with one attached hydrogen (secondary N) is 2. The molecule has 0 aliphatic heterocycles. The normalized spacial score (nSPS) is 15.3. The number of hydrogen-bond donors (Lipinski definition) is 4. The zero-order valence-electron chi connectivity index (χ0n) is 19.2. The molecule has 180 valence electrons. The molecule has 1 unspecified atom stereocenters. The number of halogens is 1. The lowest BCUT2D eigenvalue weighted by molar-refractivity contribution is 0.0927. The smallest absolute Gasteiger partial charge is 0.270 e. The van der Waals surface area contributed by atoms with Gasteiger partial charge in [-0.15, -0.1) is 0 Å². The van der Waals surface area contributed by atoms with Gasteiger partial charge in [-0.1, -0.05) is 24.3 Å². The monoisotopic (exact) mass is 475 g/mol. The molecule has 0 radical (unpaired) electrons. The van der Waals surface area contributed by atoms with Crippen LogP contribution < -0.4 is 22.2 Å². The topological polar surface area (TPSA) is 148 Å². The van der Waals surface area contributed by atoms with Gasteiger partial charge in [0.2, 0.25) is 0 Å². The minimum Gasteiger partial charge on any atom is -0.382 e. The Hall–Kier alpha value is -4.34. The minimum atomic E-state index is -0.460. The summed E-state index contributed by atoms with van der Waals surface area (Å²) in [5, 5.41) is 9.27. The van der Waals surface area contributed by atoms with E-state index in [1.807, 2.05) is 18.2 Å². The van der Waals surface area contributed by atoms with Gasteiger partial charge in [-0.25, -0.2) is 14.4 Å². The van der Waals surface area contributed by atoms with E-state index in [0.29, 0.717) is 5.56 Å². The molecule has 1 aliphatic carbocycles. The van der Waals surface area contributed by atoms with E-state index in [0.717, 1.165) is 41.5 Å². The van der Waals surface area contributed by atoms with Crippen LogP contribution in [-0.4, -0.2) is 27.6 Å². The molecule has 1 aliphatic rings. The third kappa shape index (κ3) is 5.43. The van der Waals surface area contributed by atoms with Crippen LogP contribution in [-0.2, 0) is 13.0 Å². The van der Waals surface area contributed by atoms with E-state index in [1.165, 1.54) is 18.5 Å². The second kappa shape index (κ2) is 10.3. The number of aromatic nitrogens is 2. The van der Waals surface area contributed by atoms with Crippen LogP contribution in [0.5, 0.6) is 0 Å². The van der Waals surface area contributed by atoms with Crippen molar-refractivity contribution in [2.75, 3.05) is 0 Å². The Bertz CT molecular complexity index is 1310. The van der Waals surface area contributed by atoms with Gasteiger partial charge in [-0.3, -0.25) is 9.59 Å². The average Bonchev–Trinajstić information content (AvgIpc) is 2.88. The zero-order valence-corrected chi connectivity index (χ0v) is 19.2. The maximum atomic E-state index is 13.4. The third-order valence-corrected chi connectivity index (χ3v) is 6.01. The molecule has 3 aromatic rings. The number of rotatable bonds is 6. The summed E-state index contributed by atoms with van der Waals surface area (Å²) in [7, 11) is 0. The van der Waals surface area contributed by atoms with Crippen molar-refractivity contribution in [1.29, 1.82) is 0 Å². The van der Waals surface area contributed by atoms with Crippen LogP contribution >= 0.6 is 0 Å². The maximum Gasteiger partial charge on any atom is 0.270 e. The zero-order chi connectivity index (χ0) is 24.9. The lowest BCUT2D eigenvalue weighted by atomic mass is 9.86. The summed E-state index contributed by atoms with van der Waals surface area (Å²) in [5.41, 5.74) is 10.0. The highest BCUT2D eigenvalue weighted by molar-refractivity contribution is 5.98. The third-order valence-electron chi connectivity index (χ3n) is 6.01. The highest BCUT2D eigenvalue weighted by Crippen LogP contribution is 2.30. The Morgan fingerprint density at radius 1 is 1.11 bits per heavy atom. The van der Waals surface area contributed by atoms with Crippen LogP contribution in [0, 0.1) is 12.7 Å². The summed E-state index contributed by atoms with van der Waals surface area (Å²) in [6.07, 6.45) is 3.70. The van der Waals surface area contributed by atoms with Crippen LogP contribution in [0.25, 0.3) is 0 Å². The quantitative estimate of drug-likeness (QED) is 0.186. The molecule has 0 saturated carbocycles. The molecule has 2 aromatic carbocycles. The first-order valence-corrected chi connectivity index (χ1v) is 11.2. The Kier molecular flexibility index (Phi) is 7.00. The van der Waals surface area contributed by atoms with Gasteiger partial charge >= 0.3 is 0 Å². The summed E-state index contributed by atoms with van der Waals surface area (Å²) < 4.78 is 13.4. The van der Waals surface area contributed by atoms with Gasteiger partial charge in [-0.2, -0.15) is 5.10 Å². The minimum absolute atomic E-state index is 0.0641. The number of nitrogens with two attached hydrogens (primary N) is 2. The van der Waals surface area contributed by atoms with Gasteiger partial charge < -0.3 is 22.2 Å². The van der Waals surface area contributed by atoms with E-state index in [2.05, 4.69) is 25.7 Å². The summed E-state index contributed by atoms with van der Waals surface area (Å²) in [4.78, 5) is 33.5. The van der Waals surface area contributed by atoms with E-state index in [-0.39, 0.29) is 35.6 Å². The van der Waals surface area contributed by atoms with E-state index in [4.69, 9.17) is 11.6 Å². The fraction of sp³-hybridized carbons (Fsp3) is 0.240. The molecule has 1 atom stereocenters. The summed E-state index contributed by atoms with van der Waals surface area (Å²) in [6.45, 7) is 1.86. The number of fused-ring (bicyclic) bond motifs is 1. The van der Waals surface area contributed by atoms with Crippen molar-refractivity contribution < 1.29 is 14.0 Å². The lowest BCUT2D eigenvalue weighted by Crippen LogP contribution is -2.32. The fourth-order valence-electron chi connectivity index (χ4n) is 4.13. The maximum absolute atomic E-state index is 13.4. The first kappa shape index (κ1) is 23.8. The number of hydrazone groups is 1. The van der Waals surface area contributed by atoms with Crippen molar-refractivity contribution in [3.63, 3.8) is 0 Å². The van der Waals surface area contributed by atoms with Crippen molar-refractivity contribution in [1.82, 2.24) is 20.6 Å². The highest BCUT2D eigenvalue weighted by atomic mass is 19.1. The molecule has 1 heterocycles. The largest absolute Gasteiger partial charge is 0.382 e. The van der Waals surface area contributed by atoms with Crippen molar-refractivity contribution in [2.24, 2.45) is 16.7 Å². The van der Waals surface area contributed by atoms with Gasteiger partial charge in [0, 0.05) is 18.2 Å². The molecule has 10 heteroatoms. The number of amidine groups is 1. The first-order chi connectivity index (χ1) is 16.9. The van der Waals surface area contributed by atoms with Gasteiger partial charge in [0.15, 0.2) is 0 Å². The lowest BCUT2D eigenvalue weighted by Gasteiger charge is -2.26. The summed E-state index contributed by atoms with van der Waals surface area (Å²) >= 11 is 0. The SMILES string of the molecule is Cc1cc(CNC(=O)c2cc(C(=O)NC3CCCc4cc(/C(N)=N/N)ccc43)ncn2)ccc1F. The van der Waals surface area contributed by atoms with Crippen molar-refractivity contribution in [3.8, 4) is 0 Å². The van der Waals surface area contributed by atoms with E-state index in [1.54, 1.807) is 19.1 Å². The molecule has 0 saturated heterocycles. The Balaban J connectivity index is 1.44. The molecular formula is C25H26FN7O2. The molecule has 1 aromatic heterocycles. The second-order valence-corrected chi connectivity index (χ2v) is 8.40. The predicted molar refractivity (Wildman–Crippen MR) is 129 cm³/mol. The number of benzene rings is 2. The van der Waals surface area contributed by atoms with Crippen molar-refractivity contribution in [2.45, 2.75) is 38.8 Å². The van der Waals surface area contributed by atoms with Crippen LogP contribution in [0.2, 0.25) is 0 Å². The summed E-state index contributed by atoms with van der Waals surface area (Å²) in [6, 6.07) is 11.5. The summed E-state index contributed by atoms with van der Waals surface area (Å²) in [5.74, 6) is 4.37. The fourth-order valence-corrected chi connectivity index (χ4v) is 4.13. The molecular weight excluding hydrogens is 449 g/mol. The molecule has 0 fully saturated rings. The number of carbonyl (C=O) groups excluding carboxylic acids is 2. The Morgan fingerprint density at radius 2 is 1.89 bits per heavy atom. The predicted octanol–water partition coefficient (Wildman–Crippen LogP) is 2.24. The van der Waals surface area contributed by atoms with Crippen LogP contribution in [0.4, 0.5) is 4.39 Å².